The van der Waals surface area contributed by atoms with Crippen LogP contribution in [0.5, 0.6) is 0 Å². The Balaban J connectivity index is 2.02. The van der Waals surface area contributed by atoms with Crippen molar-refractivity contribution in [2.45, 2.75) is 17.1 Å². The third-order valence-electron chi connectivity index (χ3n) is 2.69. The van der Waals surface area contributed by atoms with Gasteiger partial charge < -0.3 is 11.1 Å². The minimum atomic E-state index is -0.376. The van der Waals surface area contributed by atoms with Crippen molar-refractivity contribution in [3.63, 3.8) is 0 Å². The topological polar surface area (TPSA) is 55.1 Å². The van der Waals surface area contributed by atoms with Crippen molar-refractivity contribution in [2.24, 2.45) is 0 Å². The molecule has 0 spiro atoms. The maximum atomic E-state index is 13.2. The van der Waals surface area contributed by atoms with Crippen molar-refractivity contribution in [1.82, 2.24) is 0 Å². The maximum absolute atomic E-state index is 13.2. The van der Waals surface area contributed by atoms with E-state index in [1.807, 2.05) is 30.3 Å². The molecule has 20 heavy (non-hydrogen) atoms. The van der Waals surface area contributed by atoms with Gasteiger partial charge in [0.15, 0.2) is 0 Å². The van der Waals surface area contributed by atoms with Crippen molar-refractivity contribution in [3.05, 3.63) is 54.3 Å². The average molecular weight is 290 g/mol. The van der Waals surface area contributed by atoms with E-state index in [4.69, 9.17) is 5.73 Å². The third kappa shape index (κ3) is 3.74. The smallest absolute Gasteiger partial charge is 0.237 e. The van der Waals surface area contributed by atoms with E-state index in [1.54, 1.807) is 6.92 Å². The molecule has 5 heteroatoms. The van der Waals surface area contributed by atoms with Crippen LogP contribution < -0.4 is 11.1 Å². The molecule has 104 valence electrons. The number of hydrogen-bond acceptors (Lipinski definition) is 3. The number of carbonyl (C=O) groups is 1. The number of amides is 1. The predicted molar refractivity (Wildman–Crippen MR) is 81.2 cm³/mol. The van der Waals surface area contributed by atoms with Gasteiger partial charge in [-0.1, -0.05) is 18.2 Å². The van der Waals surface area contributed by atoms with Gasteiger partial charge in [-0.05, 0) is 37.3 Å². The molecule has 0 heterocycles. The van der Waals surface area contributed by atoms with Gasteiger partial charge in [-0.2, -0.15) is 0 Å². The molecule has 0 fully saturated rings. The number of nitrogens with two attached hydrogens (primary N) is 1. The first-order chi connectivity index (χ1) is 9.56. The summed E-state index contributed by atoms with van der Waals surface area (Å²) in [6, 6.07) is 13.3. The van der Waals surface area contributed by atoms with E-state index in [0.29, 0.717) is 10.6 Å². The number of rotatable bonds is 4. The predicted octanol–water partition coefficient (Wildman–Crippen LogP) is 3.53. The number of anilines is 2. The van der Waals surface area contributed by atoms with E-state index in [1.165, 1.54) is 30.0 Å². The standard InChI is InChI=1S/C15H15FN2OS/c1-10(15(19)18-12-5-3-2-4-6-12)20-14-9-11(16)7-8-13(14)17/h2-10H,17H2,1H3,(H,18,19). The largest absolute Gasteiger partial charge is 0.398 e. The Morgan fingerprint density at radius 1 is 1.25 bits per heavy atom. The second-order valence-corrected chi connectivity index (χ2v) is 5.68. The van der Waals surface area contributed by atoms with Crippen LogP contribution in [0.4, 0.5) is 15.8 Å². The van der Waals surface area contributed by atoms with E-state index >= 15 is 0 Å². The van der Waals surface area contributed by atoms with Gasteiger partial charge in [-0.15, -0.1) is 11.8 Å². The SMILES string of the molecule is CC(Sc1cc(F)ccc1N)C(=O)Nc1ccccc1. The Kier molecular flexibility index (Phi) is 4.63. The molecule has 0 bridgehead atoms. The van der Waals surface area contributed by atoms with Gasteiger partial charge in [0.25, 0.3) is 0 Å². The summed E-state index contributed by atoms with van der Waals surface area (Å²) in [6.45, 7) is 1.76. The highest BCUT2D eigenvalue weighted by atomic mass is 32.2. The van der Waals surface area contributed by atoms with Gasteiger partial charge in [-0.25, -0.2) is 4.39 Å². The normalized spacial score (nSPS) is 11.9. The lowest BCUT2D eigenvalue weighted by Gasteiger charge is -2.13. The zero-order chi connectivity index (χ0) is 14.5. The lowest BCUT2D eigenvalue weighted by molar-refractivity contribution is -0.115. The summed E-state index contributed by atoms with van der Waals surface area (Å²) in [6.07, 6.45) is 0. The highest BCUT2D eigenvalue weighted by Gasteiger charge is 2.16. The monoisotopic (exact) mass is 290 g/mol. The van der Waals surface area contributed by atoms with Gasteiger partial charge in [0.1, 0.15) is 5.82 Å². The first kappa shape index (κ1) is 14.4. The quantitative estimate of drug-likeness (QED) is 0.669. The Morgan fingerprint density at radius 2 is 1.95 bits per heavy atom. The number of halogens is 1. The van der Waals surface area contributed by atoms with E-state index in [9.17, 15) is 9.18 Å². The first-order valence-corrected chi connectivity index (χ1v) is 7.02. The molecule has 3 nitrogen and oxygen atoms in total. The molecule has 0 aliphatic carbocycles. The molecule has 1 atom stereocenters. The number of thioether (sulfide) groups is 1. The second-order valence-electron chi connectivity index (χ2n) is 4.30. The molecule has 1 amide bonds. The Hall–Kier alpha value is -2.01. The molecule has 0 radical (unpaired) electrons. The van der Waals surface area contributed by atoms with Crippen LogP contribution in [0.3, 0.4) is 0 Å². The van der Waals surface area contributed by atoms with Crippen LogP contribution in [-0.2, 0) is 4.79 Å². The molecule has 2 aromatic carbocycles. The number of hydrogen-bond donors (Lipinski definition) is 2. The summed E-state index contributed by atoms with van der Waals surface area (Å²) < 4.78 is 13.2. The number of benzene rings is 2. The molecule has 0 aliphatic rings. The fourth-order valence-corrected chi connectivity index (χ4v) is 2.55. The molecule has 0 aromatic heterocycles. The minimum absolute atomic E-state index is 0.148. The molecular formula is C15H15FN2OS. The minimum Gasteiger partial charge on any atom is -0.398 e. The lowest BCUT2D eigenvalue weighted by Crippen LogP contribution is -2.22. The van der Waals surface area contributed by atoms with Crippen LogP contribution in [0.15, 0.2) is 53.4 Å². The zero-order valence-corrected chi connectivity index (χ0v) is 11.8. The molecule has 1 unspecified atom stereocenters. The Labute approximate surface area is 121 Å². The van der Waals surface area contributed by atoms with Crippen molar-refractivity contribution in [1.29, 1.82) is 0 Å². The number of nitrogen functional groups attached to an aromatic ring is 1. The van der Waals surface area contributed by atoms with Crippen molar-refractivity contribution < 1.29 is 9.18 Å². The number of nitrogens with one attached hydrogen (secondary N) is 1. The highest BCUT2D eigenvalue weighted by Crippen LogP contribution is 2.29. The highest BCUT2D eigenvalue weighted by molar-refractivity contribution is 8.00. The summed E-state index contributed by atoms with van der Waals surface area (Å²) in [5.74, 6) is -0.512. The summed E-state index contributed by atoms with van der Waals surface area (Å²) in [4.78, 5) is 12.6. The maximum Gasteiger partial charge on any atom is 0.237 e. The van der Waals surface area contributed by atoms with Crippen LogP contribution in [0, 0.1) is 5.82 Å². The van der Waals surface area contributed by atoms with Crippen molar-refractivity contribution in [2.75, 3.05) is 11.1 Å². The van der Waals surface area contributed by atoms with E-state index < -0.39 is 0 Å². The van der Waals surface area contributed by atoms with E-state index in [0.717, 1.165) is 5.69 Å². The van der Waals surface area contributed by atoms with E-state index in [2.05, 4.69) is 5.32 Å². The van der Waals surface area contributed by atoms with Gasteiger partial charge in [-0.3, -0.25) is 4.79 Å². The Morgan fingerprint density at radius 3 is 2.65 bits per heavy atom. The van der Waals surface area contributed by atoms with E-state index in [-0.39, 0.29) is 17.0 Å². The van der Waals surface area contributed by atoms with Gasteiger partial charge in [0.05, 0.1) is 5.25 Å². The average Bonchev–Trinajstić information content (AvgIpc) is 2.44. The van der Waals surface area contributed by atoms with Crippen LogP contribution in [0.1, 0.15) is 6.92 Å². The van der Waals surface area contributed by atoms with Gasteiger partial charge in [0, 0.05) is 16.3 Å². The number of carbonyl (C=O) groups excluding carboxylic acids is 1. The fraction of sp³-hybridized carbons (Fsp3) is 0.133. The molecular weight excluding hydrogens is 275 g/mol. The lowest BCUT2D eigenvalue weighted by atomic mass is 10.3. The van der Waals surface area contributed by atoms with Crippen LogP contribution in [0.2, 0.25) is 0 Å². The summed E-state index contributed by atoms with van der Waals surface area (Å²) in [5.41, 5.74) is 6.97. The molecule has 2 aromatic rings. The van der Waals surface area contributed by atoms with Crippen LogP contribution in [-0.4, -0.2) is 11.2 Å². The number of para-hydroxylation sites is 1. The molecule has 3 N–H and O–H groups in total. The summed E-state index contributed by atoms with van der Waals surface area (Å²) >= 11 is 1.23. The third-order valence-corrected chi connectivity index (χ3v) is 3.87. The van der Waals surface area contributed by atoms with Crippen molar-refractivity contribution in [3.8, 4) is 0 Å². The van der Waals surface area contributed by atoms with Gasteiger partial charge in [0.2, 0.25) is 5.91 Å². The molecule has 0 saturated carbocycles. The Bertz CT molecular complexity index is 604. The first-order valence-electron chi connectivity index (χ1n) is 6.14. The summed E-state index contributed by atoms with van der Waals surface area (Å²) in [5, 5.41) is 2.43. The van der Waals surface area contributed by atoms with Gasteiger partial charge >= 0.3 is 0 Å². The summed E-state index contributed by atoms with van der Waals surface area (Å²) in [7, 11) is 0. The molecule has 0 saturated heterocycles. The fourth-order valence-electron chi connectivity index (χ4n) is 1.62. The second kappa shape index (κ2) is 6.43. The van der Waals surface area contributed by atoms with Crippen LogP contribution in [0.25, 0.3) is 0 Å². The zero-order valence-electron chi connectivity index (χ0n) is 11.0. The van der Waals surface area contributed by atoms with Crippen LogP contribution >= 0.6 is 11.8 Å². The molecule has 2 rings (SSSR count). The van der Waals surface area contributed by atoms with Crippen molar-refractivity contribution >= 4 is 29.0 Å². The molecule has 0 aliphatic heterocycles.